The van der Waals surface area contributed by atoms with Gasteiger partial charge in [0.15, 0.2) is 0 Å². The Hall–Kier alpha value is -1.82. The molecule has 1 fully saturated rings. The Morgan fingerprint density at radius 3 is 2.90 bits per heavy atom. The minimum absolute atomic E-state index is 0.0286. The maximum Gasteiger partial charge on any atom is 0.241 e. The first-order valence-corrected chi connectivity index (χ1v) is 6.88. The normalized spacial score (nSPS) is 18.4. The fraction of sp³-hybridized carbons (Fsp3) is 0.571. The molecule has 1 aromatic heterocycles. The van der Waals surface area contributed by atoms with Crippen molar-refractivity contribution in [2.24, 2.45) is 0 Å². The van der Waals surface area contributed by atoms with Crippen LogP contribution in [0.15, 0.2) is 12.3 Å². The van der Waals surface area contributed by atoms with E-state index >= 15 is 0 Å². The van der Waals surface area contributed by atoms with Crippen molar-refractivity contribution in [1.29, 1.82) is 0 Å². The van der Waals surface area contributed by atoms with Crippen LogP contribution in [0.3, 0.4) is 0 Å². The lowest BCUT2D eigenvalue weighted by atomic mass is 10.0. The number of rotatable bonds is 4. The summed E-state index contributed by atoms with van der Waals surface area (Å²) in [4.78, 5) is 18.4. The van der Waals surface area contributed by atoms with Crippen LogP contribution in [-0.4, -0.2) is 44.7 Å². The second kappa shape index (κ2) is 6.56. The van der Waals surface area contributed by atoms with E-state index in [-0.39, 0.29) is 11.9 Å². The molecule has 1 amide bonds. The van der Waals surface area contributed by atoms with Crippen molar-refractivity contribution in [2.45, 2.75) is 25.3 Å². The quantitative estimate of drug-likeness (QED) is 0.867. The van der Waals surface area contributed by atoms with E-state index in [0.29, 0.717) is 11.6 Å². The molecule has 2 rings (SSSR count). The average Bonchev–Trinajstić information content (AvgIpc) is 2.48. The van der Waals surface area contributed by atoms with Gasteiger partial charge in [-0.2, -0.15) is 0 Å². The van der Waals surface area contributed by atoms with Crippen LogP contribution >= 0.6 is 0 Å². The average molecular weight is 278 g/mol. The summed E-state index contributed by atoms with van der Waals surface area (Å²) in [7, 11) is 5.39. The predicted octanol–water partition coefficient (Wildman–Crippen LogP) is 1.24. The molecule has 0 unspecified atom stereocenters. The molecule has 2 N–H and O–H groups in total. The molecule has 2 heterocycles. The van der Waals surface area contributed by atoms with Crippen molar-refractivity contribution in [3.63, 3.8) is 0 Å². The molecule has 0 spiro atoms. The van der Waals surface area contributed by atoms with Crippen LogP contribution in [0.25, 0.3) is 0 Å². The van der Waals surface area contributed by atoms with E-state index in [4.69, 9.17) is 4.74 Å². The van der Waals surface area contributed by atoms with E-state index in [1.807, 2.05) is 25.1 Å². The Kier molecular flexibility index (Phi) is 4.79. The summed E-state index contributed by atoms with van der Waals surface area (Å²) in [5.74, 6) is 0.402. The van der Waals surface area contributed by atoms with Gasteiger partial charge in [0.05, 0.1) is 18.8 Å². The molecule has 6 heteroatoms. The van der Waals surface area contributed by atoms with Gasteiger partial charge in [0.2, 0.25) is 11.8 Å². The van der Waals surface area contributed by atoms with Crippen LogP contribution in [0, 0.1) is 0 Å². The highest BCUT2D eigenvalue weighted by Crippen LogP contribution is 2.32. The number of amides is 1. The maximum absolute atomic E-state index is 12.3. The number of carbonyl (C=O) groups is 1. The molecular formula is C14H22N4O2. The van der Waals surface area contributed by atoms with Crippen LogP contribution in [-0.2, 0) is 4.79 Å². The molecule has 1 atom stereocenters. The zero-order valence-corrected chi connectivity index (χ0v) is 12.3. The molecular weight excluding hydrogens is 256 g/mol. The SMILES string of the molecule is COc1nccc(N(C)C)c1NC(=O)[C@H]1CCCCN1. The fourth-order valence-electron chi connectivity index (χ4n) is 2.36. The molecule has 20 heavy (non-hydrogen) atoms. The van der Waals surface area contributed by atoms with Crippen molar-refractivity contribution < 1.29 is 9.53 Å². The van der Waals surface area contributed by atoms with Crippen molar-refractivity contribution in [3.8, 4) is 5.88 Å². The number of hydrogen-bond acceptors (Lipinski definition) is 5. The number of ether oxygens (including phenoxy) is 1. The molecule has 0 radical (unpaired) electrons. The van der Waals surface area contributed by atoms with Crippen molar-refractivity contribution in [1.82, 2.24) is 10.3 Å². The van der Waals surface area contributed by atoms with Crippen LogP contribution in [0.2, 0.25) is 0 Å². The molecule has 6 nitrogen and oxygen atoms in total. The Bertz CT molecular complexity index is 470. The molecule has 0 aromatic carbocycles. The number of carbonyl (C=O) groups excluding carboxylic acids is 1. The van der Waals surface area contributed by atoms with Crippen LogP contribution in [0.4, 0.5) is 11.4 Å². The van der Waals surface area contributed by atoms with Gasteiger partial charge >= 0.3 is 0 Å². The summed E-state index contributed by atoms with van der Waals surface area (Å²) < 4.78 is 5.25. The van der Waals surface area contributed by atoms with E-state index in [9.17, 15) is 4.79 Å². The fourth-order valence-corrected chi connectivity index (χ4v) is 2.36. The number of hydrogen-bond donors (Lipinski definition) is 2. The number of piperidine rings is 1. The highest BCUT2D eigenvalue weighted by molar-refractivity contribution is 5.99. The highest BCUT2D eigenvalue weighted by atomic mass is 16.5. The number of pyridine rings is 1. The predicted molar refractivity (Wildman–Crippen MR) is 79.4 cm³/mol. The standard InChI is InChI=1S/C14H22N4O2/c1-18(2)11-7-9-16-14(20-3)12(11)17-13(19)10-6-4-5-8-15-10/h7,9-10,15H,4-6,8H2,1-3H3,(H,17,19)/t10-/m1/s1. The third kappa shape index (κ3) is 3.19. The first-order chi connectivity index (χ1) is 9.63. The summed E-state index contributed by atoms with van der Waals surface area (Å²) in [5, 5.41) is 6.19. The smallest absolute Gasteiger partial charge is 0.241 e. The number of aromatic nitrogens is 1. The van der Waals surface area contributed by atoms with Gasteiger partial charge < -0.3 is 20.3 Å². The molecule has 1 aliphatic rings. The lowest BCUT2D eigenvalue weighted by molar-refractivity contribution is -0.118. The van der Waals surface area contributed by atoms with E-state index in [0.717, 1.165) is 31.5 Å². The van der Waals surface area contributed by atoms with Gasteiger partial charge in [-0.15, -0.1) is 0 Å². The third-order valence-electron chi connectivity index (χ3n) is 3.44. The highest BCUT2D eigenvalue weighted by Gasteiger charge is 2.23. The first kappa shape index (κ1) is 14.6. The Morgan fingerprint density at radius 1 is 1.50 bits per heavy atom. The van der Waals surface area contributed by atoms with Gasteiger partial charge in [0.1, 0.15) is 5.69 Å². The van der Waals surface area contributed by atoms with Crippen molar-refractivity contribution in [3.05, 3.63) is 12.3 Å². The number of methoxy groups -OCH3 is 1. The topological polar surface area (TPSA) is 66.5 Å². The Balaban J connectivity index is 2.20. The molecule has 0 aliphatic carbocycles. The maximum atomic E-state index is 12.3. The van der Waals surface area contributed by atoms with Crippen molar-refractivity contribution >= 4 is 17.3 Å². The lowest BCUT2D eigenvalue weighted by Gasteiger charge is -2.24. The number of nitrogens with zero attached hydrogens (tertiary/aromatic N) is 2. The molecule has 1 saturated heterocycles. The number of nitrogens with one attached hydrogen (secondary N) is 2. The summed E-state index contributed by atoms with van der Waals surface area (Å²) >= 11 is 0. The summed E-state index contributed by atoms with van der Waals surface area (Å²) in [5.41, 5.74) is 1.50. The minimum atomic E-state index is -0.135. The van der Waals surface area contributed by atoms with Gasteiger partial charge in [-0.1, -0.05) is 6.42 Å². The van der Waals surface area contributed by atoms with E-state index in [2.05, 4.69) is 15.6 Å². The summed E-state index contributed by atoms with van der Waals surface area (Å²) in [6, 6.07) is 1.72. The Morgan fingerprint density at radius 2 is 2.30 bits per heavy atom. The summed E-state index contributed by atoms with van der Waals surface area (Å²) in [6.45, 7) is 0.892. The first-order valence-electron chi connectivity index (χ1n) is 6.88. The molecule has 0 bridgehead atoms. The minimum Gasteiger partial charge on any atom is -0.479 e. The monoisotopic (exact) mass is 278 g/mol. The van der Waals surface area contributed by atoms with Gasteiger partial charge in [0, 0.05) is 20.3 Å². The van der Waals surface area contributed by atoms with Crippen molar-refractivity contribution in [2.75, 3.05) is 38.0 Å². The van der Waals surface area contributed by atoms with Gasteiger partial charge in [-0.3, -0.25) is 4.79 Å². The largest absolute Gasteiger partial charge is 0.479 e. The zero-order chi connectivity index (χ0) is 14.5. The Labute approximate surface area is 119 Å². The van der Waals surface area contributed by atoms with Crippen LogP contribution < -0.4 is 20.3 Å². The van der Waals surface area contributed by atoms with Gasteiger partial charge in [0.25, 0.3) is 0 Å². The van der Waals surface area contributed by atoms with Gasteiger partial charge in [-0.05, 0) is 25.5 Å². The molecule has 110 valence electrons. The second-order valence-corrected chi connectivity index (χ2v) is 5.10. The van der Waals surface area contributed by atoms with E-state index in [1.165, 1.54) is 0 Å². The van der Waals surface area contributed by atoms with E-state index in [1.54, 1.807) is 13.3 Å². The molecule has 1 aliphatic heterocycles. The molecule has 1 aromatic rings. The van der Waals surface area contributed by atoms with Gasteiger partial charge in [-0.25, -0.2) is 4.98 Å². The lowest BCUT2D eigenvalue weighted by Crippen LogP contribution is -2.43. The number of anilines is 2. The molecule has 0 saturated carbocycles. The summed E-state index contributed by atoms with van der Waals surface area (Å²) in [6.07, 6.45) is 4.74. The van der Waals surface area contributed by atoms with Crippen LogP contribution in [0.1, 0.15) is 19.3 Å². The zero-order valence-electron chi connectivity index (χ0n) is 12.3. The second-order valence-electron chi connectivity index (χ2n) is 5.10. The van der Waals surface area contributed by atoms with Crippen LogP contribution in [0.5, 0.6) is 5.88 Å². The third-order valence-corrected chi connectivity index (χ3v) is 3.44. The van der Waals surface area contributed by atoms with E-state index < -0.39 is 0 Å².